The minimum atomic E-state index is -0.551. The number of carbonyl (C=O) groups is 1. The van der Waals surface area contributed by atoms with Gasteiger partial charge in [0.15, 0.2) is 0 Å². The zero-order valence-corrected chi connectivity index (χ0v) is 12.0. The summed E-state index contributed by atoms with van der Waals surface area (Å²) in [4.78, 5) is 12.4. The van der Waals surface area contributed by atoms with Crippen LogP contribution in [0.25, 0.3) is 10.1 Å². The van der Waals surface area contributed by atoms with Crippen molar-refractivity contribution in [1.29, 1.82) is 0 Å². The second-order valence-electron chi connectivity index (χ2n) is 5.06. The number of hydrogen-bond donors (Lipinski definition) is 1. The number of ether oxygens (including phenoxy) is 1. The van der Waals surface area contributed by atoms with Gasteiger partial charge in [0.1, 0.15) is 5.60 Å². The first kappa shape index (κ1) is 13.5. The van der Waals surface area contributed by atoms with E-state index in [1.54, 1.807) is 17.6 Å². The Kier molecular flexibility index (Phi) is 3.85. The number of hydrogen-bond acceptors (Lipinski definition) is 4. The molecule has 19 heavy (non-hydrogen) atoms. The Morgan fingerprint density at radius 3 is 2.79 bits per heavy atom. The minimum absolute atomic E-state index is 0.517. The normalized spacial score (nSPS) is 11.9. The molecule has 1 aromatic carbocycles. The summed E-state index contributed by atoms with van der Waals surface area (Å²) in [6, 6.07) is 10.1. The van der Waals surface area contributed by atoms with E-state index in [9.17, 15) is 4.79 Å². The van der Waals surface area contributed by atoms with Crippen LogP contribution in [0.1, 0.15) is 25.6 Å². The summed E-state index contributed by atoms with van der Waals surface area (Å²) < 4.78 is 6.27. The number of benzene rings is 1. The van der Waals surface area contributed by atoms with Gasteiger partial charge in [-0.05, 0) is 38.3 Å². The third-order valence-corrected chi connectivity index (χ3v) is 3.24. The number of amides is 1. The van der Waals surface area contributed by atoms with Crippen LogP contribution in [-0.2, 0) is 4.74 Å². The lowest BCUT2D eigenvalue weighted by atomic mass is 10.2. The molecule has 0 aliphatic heterocycles. The van der Waals surface area contributed by atoms with E-state index in [-0.39, 0.29) is 0 Å². The molecule has 1 N–H and O–H groups in total. The van der Waals surface area contributed by atoms with Crippen molar-refractivity contribution in [3.63, 3.8) is 0 Å². The van der Waals surface area contributed by atoms with Gasteiger partial charge in [-0.1, -0.05) is 18.2 Å². The van der Waals surface area contributed by atoms with Crippen LogP contribution in [0.2, 0.25) is 0 Å². The molecule has 0 bridgehead atoms. The average Bonchev–Trinajstić information content (AvgIpc) is 2.68. The predicted molar refractivity (Wildman–Crippen MR) is 78.8 cm³/mol. The molecule has 1 aromatic heterocycles. The minimum Gasteiger partial charge on any atom is -0.443 e. The lowest BCUT2D eigenvalue weighted by Crippen LogP contribution is -2.29. The fourth-order valence-corrected chi connectivity index (χ4v) is 2.45. The van der Waals surface area contributed by atoms with Gasteiger partial charge in [0.05, 0.1) is 6.21 Å². The number of carbonyl (C=O) groups excluding carboxylic acids is 1. The van der Waals surface area contributed by atoms with Gasteiger partial charge < -0.3 is 4.74 Å². The van der Waals surface area contributed by atoms with Gasteiger partial charge in [-0.15, -0.1) is 11.3 Å². The molecule has 2 rings (SSSR count). The molecule has 0 spiro atoms. The molecule has 0 saturated heterocycles. The number of hydrazone groups is 1. The van der Waals surface area contributed by atoms with Gasteiger partial charge in [0, 0.05) is 9.58 Å². The fraction of sp³-hybridized carbons (Fsp3) is 0.286. The monoisotopic (exact) mass is 276 g/mol. The number of nitrogens with zero attached hydrogens (tertiary/aromatic N) is 1. The van der Waals surface area contributed by atoms with E-state index in [0.29, 0.717) is 0 Å². The summed E-state index contributed by atoms with van der Waals surface area (Å²) >= 11 is 1.62. The zero-order chi connectivity index (χ0) is 13.9. The van der Waals surface area contributed by atoms with Gasteiger partial charge in [0.25, 0.3) is 0 Å². The number of rotatable bonds is 2. The highest BCUT2D eigenvalue weighted by molar-refractivity contribution is 7.20. The van der Waals surface area contributed by atoms with Crippen LogP contribution in [0.3, 0.4) is 0 Å². The molecule has 0 saturated carbocycles. The molecule has 100 valence electrons. The Balaban J connectivity index is 1.97. The van der Waals surface area contributed by atoms with Gasteiger partial charge in [-0.2, -0.15) is 5.10 Å². The topological polar surface area (TPSA) is 50.7 Å². The van der Waals surface area contributed by atoms with Crippen molar-refractivity contribution >= 4 is 33.7 Å². The van der Waals surface area contributed by atoms with Gasteiger partial charge in [-0.3, -0.25) is 0 Å². The molecule has 5 heteroatoms. The Bertz CT molecular complexity index is 578. The van der Waals surface area contributed by atoms with Gasteiger partial charge in [-0.25, -0.2) is 10.2 Å². The third-order valence-electron chi connectivity index (χ3n) is 2.19. The molecule has 2 aromatic rings. The predicted octanol–water partition coefficient (Wildman–Crippen LogP) is 3.76. The van der Waals surface area contributed by atoms with Crippen molar-refractivity contribution in [3.05, 3.63) is 35.2 Å². The first-order valence-electron chi connectivity index (χ1n) is 5.95. The summed E-state index contributed by atoms with van der Waals surface area (Å²) in [6.45, 7) is 5.42. The summed E-state index contributed by atoms with van der Waals surface area (Å²) in [5, 5.41) is 5.05. The van der Waals surface area contributed by atoms with Crippen LogP contribution in [0.4, 0.5) is 4.79 Å². The largest absolute Gasteiger partial charge is 0.443 e. The van der Waals surface area contributed by atoms with Crippen molar-refractivity contribution in [3.8, 4) is 0 Å². The van der Waals surface area contributed by atoms with Gasteiger partial charge >= 0.3 is 6.09 Å². The number of thiophene rings is 1. The Labute approximate surface area is 116 Å². The van der Waals surface area contributed by atoms with Crippen molar-refractivity contribution in [1.82, 2.24) is 5.43 Å². The molecular formula is C14H16N2O2S. The number of nitrogens with one attached hydrogen (secondary N) is 1. The highest BCUT2D eigenvalue weighted by atomic mass is 32.1. The SMILES string of the molecule is CC(C)(C)OC(=O)N/N=C/c1cc2ccccc2s1. The fourth-order valence-electron chi connectivity index (χ4n) is 1.52. The maximum atomic E-state index is 11.4. The lowest BCUT2D eigenvalue weighted by Gasteiger charge is -2.18. The third kappa shape index (κ3) is 4.06. The van der Waals surface area contributed by atoms with Crippen LogP contribution in [0.5, 0.6) is 0 Å². The highest BCUT2D eigenvalue weighted by Crippen LogP contribution is 2.23. The summed E-state index contributed by atoms with van der Waals surface area (Å²) in [5.74, 6) is 0. The van der Waals surface area contributed by atoms with E-state index in [4.69, 9.17) is 4.74 Å². The summed E-state index contributed by atoms with van der Waals surface area (Å²) in [5.41, 5.74) is 1.83. The Hall–Kier alpha value is -1.88. The van der Waals surface area contributed by atoms with Crippen LogP contribution in [0.15, 0.2) is 35.4 Å². The van der Waals surface area contributed by atoms with Crippen LogP contribution >= 0.6 is 11.3 Å². The maximum Gasteiger partial charge on any atom is 0.428 e. The second kappa shape index (κ2) is 5.40. The van der Waals surface area contributed by atoms with Crippen molar-refractivity contribution in [2.45, 2.75) is 26.4 Å². The molecule has 1 amide bonds. The second-order valence-corrected chi connectivity index (χ2v) is 6.17. The quantitative estimate of drug-likeness (QED) is 0.670. The average molecular weight is 276 g/mol. The molecule has 0 atom stereocenters. The molecule has 0 fully saturated rings. The summed E-state index contributed by atoms with van der Waals surface area (Å²) in [7, 11) is 0. The lowest BCUT2D eigenvalue weighted by molar-refractivity contribution is 0.0529. The van der Waals surface area contributed by atoms with Crippen LogP contribution in [-0.4, -0.2) is 17.9 Å². The van der Waals surface area contributed by atoms with Gasteiger partial charge in [0.2, 0.25) is 0 Å². The van der Waals surface area contributed by atoms with Crippen LogP contribution in [0, 0.1) is 0 Å². The van der Waals surface area contributed by atoms with Crippen molar-refractivity contribution in [2.24, 2.45) is 5.10 Å². The highest BCUT2D eigenvalue weighted by Gasteiger charge is 2.15. The smallest absolute Gasteiger partial charge is 0.428 e. The van der Waals surface area contributed by atoms with E-state index in [0.717, 1.165) is 4.88 Å². The van der Waals surface area contributed by atoms with E-state index in [1.165, 1.54) is 10.1 Å². The molecule has 0 radical (unpaired) electrons. The Morgan fingerprint density at radius 1 is 1.37 bits per heavy atom. The van der Waals surface area contributed by atoms with Crippen LogP contribution < -0.4 is 5.43 Å². The molecule has 1 heterocycles. The van der Waals surface area contributed by atoms with E-state index in [1.807, 2.05) is 45.0 Å². The maximum absolute atomic E-state index is 11.4. The first-order valence-corrected chi connectivity index (χ1v) is 6.76. The van der Waals surface area contributed by atoms with E-state index >= 15 is 0 Å². The standard InChI is InChI=1S/C14H16N2O2S/c1-14(2,3)18-13(17)16-15-9-11-8-10-6-4-5-7-12(10)19-11/h4-9H,1-3H3,(H,16,17)/b15-9+. The zero-order valence-electron chi connectivity index (χ0n) is 11.1. The van der Waals surface area contributed by atoms with E-state index < -0.39 is 11.7 Å². The molecule has 4 nitrogen and oxygen atoms in total. The molecular weight excluding hydrogens is 260 g/mol. The molecule has 0 aliphatic rings. The molecule has 0 unspecified atom stereocenters. The number of fused-ring (bicyclic) bond motifs is 1. The first-order chi connectivity index (χ1) is 8.94. The van der Waals surface area contributed by atoms with E-state index in [2.05, 4.69) is 16.6 Å². The summed E-state index contributed by atoms with van der Waals surface area (Å²) in [6.07, 6.45) is 1.07. The van der Waals surface area contributed by atoms with Crippen molar-refractivity contribution in [2.75, 3.05) is 0 Å². The molecule has 0 aliphatic carbocycles. The van der Waals surface area contributed by atoms with Crippen molar-refractivity contribution < 1.29 is 9.53 Å². The Morgan fingerprint density at radius 2 is 2.11 bits per heavy atom.